The summed E-state index contributed by atoms with van der Waals surface area (Å²) in [5.74, 6) is 0.0460. The van der Waals surface area contributed by atoms with Gasteiger partial charge in [0.1, 0.15) is 17.6 Å². The van der Waals surface area contributed by atoms with Crippen molar-refractivity contribution in [3.8, 4) is 0 Å². The average Bonchev–Trinajstić information content (AvgIpc) is 2.66. The molecule has 3 saturated carbocycles. The second kappa shape index (κ2) is 7.97. The maximum Gasteiger partial charge on any atom is 0.326 e. The van der Waals surface area contributed by atoms with Gasteiger partial charge in [0.2, 0.25) is 5.91 Å². The molecule has 8 nitrogen and oxygen atoms in total. The molecule has 1 heterocycles. The molecule has 3 aliphatic rings. The quantitative estimate of drug-likeness (QED) is 0.619. The Balaban J connectivity index is 1.68. The van der Waals surface area contributed by atoms with Gasteiger partial charge in [0.25, 0.3) is 5.56 Å². The topological polar surface area (TPSA) is 113 Å². The lowest BCUT2D eigenvalue weighted by Gasteiger charge is -2.62. The molecule has 1 aromatic heterocycles. The van der Waals surface area contributed by atoms with Gasteiger partial charge in [-0.25, -0.2) is 9.48 Å². The van der Waals surface area contributed by atoms with E-state index < -0.39 is 23.5 Å². The summed E-state index contributed by atoms with van der Waals surface area (Å²) in [4.78, 5) is 35.6. The minimum Gasteiger partial charge on any atom is -0.480 e. The number of carbonyl (C=O) groups is 2. The number of hydrogen-bond donors (Lipinski definition) is 3. The number of anilines is 1. The van der Waals surface area contributed by atoms with E-state index in [0.29, 0.717) is 28.9 Å². The first-order valence-corrected chi connectivity index (χ1v) is 10.5. The lowest BCUT2D eigenvalue weighted by atomic mass is 9.45. The molecule has 3 aliphatic carbocycles. The number of aliphatic carboxylic acids is 1. The third-order valence-corrected chi connectivity index (χ3v) is 7.38. The molecular weight excluding hydrogens is 396 g/mol. The molecule has 5 atom stereocenters. The SMILES string of the molecule is CCC(NC(=O)Cn1ncc(N[C@@H]2C[C@H]3C[C@@H]([C@H]2C)C3(C)C)c(Cl)c1=O)C(=O)O. The van der Waals surface area contributed by atoms with Crippen molar-refractivity contribution in [2.75, 3.05) is 5.32 Å². The number of amides is 1. The van der Waals surface area contributed by atoms with Crippen LogP contribution in [0.25, 0.3) is 0 Å². The molecule has 0 aromatic carbocycles. The maximum atomic E-state index is 12.5. The third-order valence-electron chi connectivity index (χ3n) is 7.01. The Morgan fingerprint density at radius 2 is 2.10 bits per heavy atom. The van der Waals surface area contributed by atoms with Crippen LogP contribution in [0, 0.1) is 23.2 Å². The van der Waals surface area contributed by atoms with Gasteiger partial charge in [0.15, 0.2) is 0 Å². The number of halogens is 1. The van der Waals surface area contributed by atoms with Crippen molar-refractivity contribution in [2.45, 2.75) is 65.6 Å². The van der Waals surface area contributed by atoms with Crippen molar-refractivity contribution in [3.63, 3.8) is 0 Å². The van der Waals surface area contributed by atoms with Gasteiger partial charge in [-0.15, -0.1) is 0 Å². The molecule has 1 amide bonds. The van der Waals surface area contributed by atoms with Crippen LogP contribution in [0.15, 0.2) is 11.0 Å². The molecule has 3 fully saturated rings. The Labute approximate surface area is 175 Å². The van der Waals surface area contributed by atoms with E-state index in [2.05, 4.69) is 36.5 Å². The summed E-state index contributed by atoms with van der Waals surface area (Å²) < 4.78 is 0.947. The number of nitrogens with one attached hydrogen (secondary N) is 2. The number of carbonyl (C=O) groups excluding carboxylic acids is 1. The minimum absolute atomic E-state index is 0.0104. The fourth-order valence-corrected chi connectivity index (χ4v) is 5.13. The van der Waals surface area contributed by atoms with Crippen molar-refractivity contribution in [1.29, 1.82) is 0 Å². The first kappa shape index (κ1) is 21.6. The van der Waals surface area contributed by atoms with Gasteiger partial charge >= 0.3 is 5.97 Å². The zero-order valence-electron chi connectivity index (χ0n) is 17.2. The molecule has 160 valence electrons. The van der Waals surface area contributed by atoms with Crippen molar-refractivity contribution >= 4 is 29.2 Å². The Morgan fingerprint density at radius 3 is 2.66 bits per heavy atom. The summed E-state index contributed by atoms with van der Waals surface area (Å²) in [6.07, 6.45) is 3.99. The van der Waals surface area contributed by atoms with Crippen LogP contribution in [-0.4, -0.2) is 38.8 Å². The van der Waals surface area contributed by atoms with E-state index in [0.717, 1.165) is 11.1 Å². The summed E-state index contributed by atoms with van der Waals surface area (Å²) in [5, 5.41) is 18.8. The molecular formula is C20H29ClN4O4. The van der Waals surface area contributed by atoms with Crippen LogP contribution in [0.2, 0.25) is 5.02 Å². The molecule has 3 N–H and O–H groups in total. The monoisotopic (exact) mass is 424 g/mol. The van der Waals surface area contributed by atoms with E-state index in [1.807, 2.05) is 0 Å². The molecule has 2 bridgehead atoms. The van der Waals surface area contributed by atoms with E-state index in [1.165, 1.54) is 12.6 Å². The summed E-state index contributed by atoms with van der Waals surface area (Å²) in [7, 11) is 0. The highest BCUT2D eigenvalue weighted by Crippen LogP contribution is 2.61. The van der Waals surface area contributed by atoms with Gasteiger partial charge in [-0.3, -0.25) is 9.59 Å². The number of carboxylic acids is 1. The van der Waals surface area contributed by atoms with Crippen LogP contribution in [0.5, 0.6) is 0 Å². The van der Waals surface area contributed by atoms with Crippen molar-refractivity contribution in [3.05, 3.63) is 21.6 Å². The Bertz CT molecular complexity index is 869. The molecule has 1 unspecified atom stereocenters. The van der Waals surface area contributed by atoms with Gasteiger partial charge in [0.05, 0.1) is 11.9 Å². The molecule has 1 aromatic rings. The second-order valence-corrected chi connectivity index (χ2v) is 9.29. The first-order chi connectivity index (χ1) is 13.6. The fraction of sp³-hybridized carbons (Fsp3) is 0.700. The summed E-state index contributed by atoms with van der Waals surface area (Å²) >= 11 is 6.27. The van der Waals surface area contributed by atoms with Gasteiger partial charge in [0, 0.05) is 6.04 Å². The maximum absolute atomic E-state index is 12.5. The number of fused-ring (bicyclic) bond motifs is 2. The number of carboxylic acid groups (broad SMARTS) is 1. The summed E-state index contributed by atoms with van der Waals surface area (Å²) in [5.41, 5.74) is 0.258. The van der Waals surface area contributed by atoms with E-state index >= 15 is 0 Å². The molecule has 4 rings (SSSR count). The van der Waals surface area contributed by atoms with Crippen LogP contribution >= 0.6 is 11.6 Å². The van der Waals surface area contributed by atoms with Gasteiger partial charge < -0.3 is 15.7 Å². The molecule has 0 spiro atoms. The lowest BCUT2D eigenvalue weighted by molar-refractivity contribution is -0.142. The summed E-state index contributed by atoms with van der Waals surface area (Å²) in [6, 6.07) is -0.774. The minimum atomic E-state index is -1.12. The van der Waals surface area contributed by atoms with Crippen molar-refractivity contribution in [1.82, 2.24) is 15.1 Å². The van der Waals surface area contributed by atoms with Crippen LogP contribution in [-0.2, 0) is 16.1 Å². The van der Waals surface area contributed by atoms with Gasteiger partial charge in [-0.1, -0.05) is 39.3 Å². The van der Waals surface area contributed by atoms with Crippen molar-refractivity contribution < 1.29 is 14.7 Å². The van der Waals surface area contributed by atoms with Crippen LogP contribution < -0.4 is 16.2 Å². The second-order valence-electron chi connectivity index (χ2n) is 8.91. The predicted molar refractivity (Wildman–Crippen MR) is 110 cm³/mol. The third kappa shape index (κ3) is 3.99. The highest BCUT2D eigenvalue weighted by atomic mass is 35.5. The highest BCUT2D eigenvalue weighted by molar-refractivity contribution is 6.32. The van der Waals surface area contributed by atoms with Crippen LogP contribution in [0.3, 0.4) is 0 Å². The van der Waals surface area contributed by atoms with Crippen LogP contribution in [0.4, 0.5) is 5.69 Å². The Hall–Kier alpha value is -2.09. The fourth-order valence-electron chi connectivity index (χ4n) is 4.93. The van der Waals surface area contributed by atoms with Crippen LogP contribution in [0.1, 0.15) is 47.0 Å². The van der Waals surface area contributed by atoms with E-state index in [-0.39, 0.29) is 24.0 Å². The van der Waals surface area contributed by atoms with Crippen molar-refractivity contribution in [2.24, 2.45) is 23.2 Å². The first-order valence-electron chi connectivity index (χ1n) is 10.1. The normalized spacial score (nSPS) is 28.2. The number of aromatic nitrogens is 2. The molecule has 0 aliphatic heterocycles. The molecule has 29 heavy (non-hydrogen) atoms. The zero-order valence-corrected chi connectivity index (χ0v) is 18.0. The smallest absolute Gasteiger partial charge is 0.326 e. The molecule has 0 radical (unpaired) electrons. The average molecular weight is 425 g/mol. The number of rotatable bonds is 7. The zero-order chi connectivity index (χ0) is 21.5. The molecule has 9 heteroatoms. The van der Waals surface area contributed by atoms with Gasteiger partial charge in [-0.2, -0.15) is 5.10 Å². The lowest BCUT2D eigenvalue weighted by Crippen LogP contribution is -2.58. The number of nitrogens with zero attached hydrogens (tertiary/aromatic N) is 2. The Kier molecular flexibility index (Phi) is 5.94. The highest BCUT2D eigenvalue weighted by Gasteiger charge is 2.56. The molecule has 0 saturated heterocycles. The number of hydrogen-bond acceptors (Lipinski definition) is 5. The van der Waals surface area contributed by atoms with E-state index in [1.54, 1.807) is 6.92 Å². The standard InChI is InChI=1S/C20H29ClN4O4/c1-5-13(19(28)29)24-16(26)9-25-18(27)17(21)15(8-22-25)23-14-7-11-6-12(10(14)2)20(11,3)4/h8,10-14,23H,5-7,9H2,1-4H3,(H,24,26)(H,28,29)/t10-,11-,12+,13?,14-/m1/s1. The predicted octanol–water partition coefficient (Wildman–Crippen LogP) is 2.36. The van der Waals surface area contributed by atoms with E-state index in [4.69, 9.17) is 16.7 Å². The van der Waals surface area contributed by atoms with E-state index in [9.17, 15) is 14.4 Å². The summed E-state index contributed by atoms with van der Waals surface area (Å²) in [6.45, 7) is 8.15. The van der Waals surface area contributed by atoms with Gasteiger partial charge in [-0.05, 0) is 42.4 Å². The largest absolute Gasteiger partial charge is 0.480 e. The Morgan fingerprint density at radius 1 is 1.41 bits per heavy atom.